The van der Waals surface area contributed by atoms with Gasteiger partial charge in [0, 0.05) is 22.3 Å². The zero-order valence-electron chi connectivity index (χ0n) is 18.4. The Hall–Kier alpha value is -2.57. The highest BCUT2D eigenvalue weighted by molar-refractivity contribution is 6.31. The van der Waals surface area contributed by atoms with E-state index in [1.807, 2.05) is 26.0 Å². The number of carbonyl (C=O) groups is 2. The van der Waals surface area contributed by atoms with E-state index in [4.69, 9.17) is 16.3 Å². The van der Waals surface area contributed by atoms with Crippen molar-refractivity contribution in [1.29, 1.82) is 0 Å². The summed E-state index contributed by atoms with van der Waals surface area (Å²) in [5.74, 6) is -0.235. The van der Waals surface area contributed by atoms with Crippen LogP contribution in [0.1, 0.15) is 37.0 Å². The van der Waals surface area contributed by atoms with Gasteiger partial charge in [-0.05, 0) is 49.9 Å². The van der Waals surface area contributed by atoms with E-state index in [1.54, 1.807) is 25.3 Å². The average Bonchev–Trinajstić information content (AvgIpc) is 3.23. The number of anilines is 2. The van der Waals surface area contributed by atoms with E-state index in [0.717, 1.165) is 22.4 Å². The number of methoxy groups -OCH3 is 1. The van der Waals surface area contributed by atoms with E-state index in [0.29, 0.717) is 22.9 Å². The molecule has 0 unspecified atom stereocenters. The number of hydrogen-bond donors (Lipinski definition) is 3. The Morgan fingerprint density at radius 3 is 2.68 bits per heavy atom. The molecule has 2 aromatic rings. The van der Waals surface area contributed by atoms with Gasteiger partial charge in [0.05, 0.1) is 18.7 Å². The maximum absolute atomic E-state index is 13.6. The van der Waals surface area contributed by atoms with Crippen molar-refractivity contribution in [3.05, 3.63) is 52.0 Å². The van der Waals surface area contributed by atoms with E-state index in [9.17, 15) is 9.59 Å². The topological polar surface area (TPSA) is 79.5 Å². The Labute approximate surface area is 187 Å². The first-order chi connectivity index (χ1) is 14.7. The summed E-state index contributed by atoms with van der Waals surface area (Å²) in [6, 6.07) is 9.14. The predicted octanol–water partition coefficient (Wildman–Crippen LogP) is 4.39. The van der Waals surface area contributed by atoms with Gasteiger partial charge in [0.15, 0.2) is 0 Å². The predicted molar refractivity (Wildman–Crippen MR) is 123 cm³/mol. The summed E-state index contributed by atoms with van der Waals surface area (Å²) < 4.78 is 5.38. The lowest BCUT2D eigenvalue weighted by Crippen LogP contribution is -2.52. The molecule has 1 saturated heterocycles. The van der Waals surface area contributed by atoms with Gasteiger partial charge in [0.2, 0.25) is 11.8 Å². The second-order valence-corrected chi connectivity index (χ2v) is 9.32. The number of ether oxygens (including phenoxy) is 1. The van der Waals surface area contributed by atoms with Crippen molar-refractivity contribution < 1.29 is 14.3 Å². The van der Waals surface area contributed by atoms with E-state index < -0.39 is 11.5 Å². The zero-order valence-corrected chi connectivity index (χ0v) is 19.2. The third-order valence-electron chi connectivity index (χ3n) is 6.47. The quantitative estimate of drug-likeness (QED) is 0.657. The Morgan fingerprint density at radius 2 is 2.00 bits per heavy atom. The molecular formula is C24H28ClN3O3. The van der Waals surface area contributed by atoms with Crippen molar-refractivity contribution in [2.24, 2.45) is 11.8 Å². The van der Waals surface area contributed by atoms with Crippen molar-refractivity contribution in [3.63, 3.8) is 0 Å². The van der Waals surface area contributed by atoms with Gasteiger partial charge in [0.1, 0.15) is 11.3 Å². The third-order valence-corrected chi connectivity index (χ3v) is 6.70. The number of fused-ring (bicyclic) bond motifs is 2. The van der Waals surface area contributed by atoms with E-state index in [1.165, 1.54) is 0 Å². The average molecular weight is 442 g/mol. The Balaban J connectivity index is 1.79. The largest absolute Gasteiger partial charge is 0.495 e. The summed E-state index contributed by atoms with van der Waals surface area (Å²) in [7, 11) is 1.54. The zero-order chi connectivity index (χ0) is 22.5. The van der Waals surface area contributed by atoms with Crippen LogP contribution in [0.25, 0.3) is 0 Å². The van der Waals surface area contributed by atoms with Crippen LogP contribution >= 0.6 is 11.6 Å². The molecule has 2 amide bonds. The lowest BCUT2D eigenvalue weighted by molar-refractivity contribution is -0.130. The molecule has 0 aromatic heterocycles. The van der Waals surface area contributed by atoms with Crippen LogP contribution in [-0.4, -0.2) is 25.0 Å². The molecule has 2 aliphatic rings. The lowest BCUT2D eigenvalue weighted by Gasteiger charge is -2.30. The Kier molecular flexibility index (Phi) is 5.48. The molecule has 0 saturated carbocycles. The van der Waals surface area contributed by atoms with Crippen molar-refractivity contribution in [2.75, 3.05) is 17.7 Å². The first-order valence-electron chi connectivity index (χ1n) is 10.5. The highest BCUT2D eigenvalue weighted by Crippen LogP contribution is 2.49. The molecule has 0 radical (unpaired) electrons. The number of amides is 2. The molecule has 1 spiro atoms. The summed E-state index contributed by atoms with van der Waals surface area (Å²) in [4.78, 5) is 27.1. The molecule has 31 heavy (non-hydrogen) atoms. The fourth-order valence-corrected chi connectivity index (χ4v) is 5.06. The third kappa shape index (κ3) is 3.48. The van der Waals surface area contributed by atoms with Gasteiger partial charge in [-0.25, -0.2) is 0 Å². The number of aryl methyl sites for hydroxylation is 2. The van der Waals surface area contributed by atoms with Gasteiger partial charge >= 0.3 is 0 Å². The van der Waals surface area contributed by atoms with Crippen molar-refractivity contribution in [3.8, 4) is 5.75 Å². The standard InChI is InChI=1S/C24H28ClN3O3/c1-12(2)18-11-17(22(29)26-19-10-15(25)6-7-20(19)31-5)24(28-18)16-9-13(3)8-14(4)21(16)27-23(24)30/h6-10,12,17-18,28H,11H2,1-5H3,(H,26,29)(H,27,30)/t17-,18-,24+/m0/s1. The van der Waals surface area contributed by atoms with Crippen LogP contribution in [-0.2, 0) is 15.1 Å². The van der Waals surface area contributed by atoms with E-state index in [2.05, 4.69) is 29.8 Å². The number of hydrogen-bond acceptors (Lipinski definition) is 4. The molecule has 3 N–H and O–H groups in total. The first-order valence-corrected chi connectivity index (χ1v) is 10.9. The molecule has 1 fully saturated rings. The number of benzene rings is 2. The molecule has 2 aliphatic heterocycles. The molecule has 2 heterocycles. The van der Waals surface area contributed by atoms with Crippen LogP contribution in [0.5, 0.6) is 5.75 Å². The van der Waals surface area contributed by atoms with Crippen LogP contribution in [0.4, 0.5) is 11.4 Å². The highest BCUT2D eigenvalue weighted by atomic mass is 35.5. The molecular weight excluding hydrogens is 414 g/mol. The molecule has 0 bridgehead atoms. The molecule has 7 heteroatoms. The van der Waals surface area contributed by atoms with Crippen molar-refractivity contribution in [2.45, 2.75) is 45.7 Å². The lowest BCUT2D eigenvalue weighted by atomic mass is 9.78. The first kappa shape index (κ1) is 21.7. The molecule has 3 atom stereocenters. The number of halogens is 1. The summed E-state index contributed by atoms with van der Waals surface area (Å²) in [5.41, 5.74) is 3.06. The van der Waals surface area contributed by atoms with Gasteiger partial charge in [-0.2, -0.15) is 0 Å². The number of nitrogens with one attached hydrogen (secondary N) is 3. The summed E-state index contributed by atoms with van der Waals surface area (Å²) >= 11 is 6.14. The summed E-state index contributed by atoms with van der Waals surface area (Å²) in [6.45, 7) is 8.18. The van der Waals surface area contributed by atoms with E-state index >= 15 is 0 Å². The highest BCUT2D eigenvalue weighted by Gasteiger charge is 2.60. The van der Waals surface area contributed by atoms with Crippen LogP contribution in [0.3, 0.4) is 0 Å². The summed E-state index contributed by atoms with van der Waals surface area (Å²) in [6.07, 6.45) is 0.548. The molecule has 6 nitrogen and oxygen atoms in total. The Bertz CT molecular complexity index is 1070. The fraction of sp³-hybridized carbons (Fsp3) is 0.417. The molecule has 2 aromatic carbocycles. The van der Waals surface area contributed by atoms with Crippen LogP contribution in [0.15, 0.2) is 30.3 Å². The fourth-order valence-electron chi connectivity index (χ4n) is 4.89. The van der Waals surface area contributed by atoms with Gasteiger partial charge in [-0.15, -0.1) is 0 Å². The minimum Gasteiger partial charge on any atom is -0.495 e. The molecule has 164 valence electrons. The van der Waals surface area contributed by atoms with Crippen LogP contribution in [0.2, 0.25) is 5.02 Å². The molecule has 4 rings (SSSR count). The van der Waals surface area contributed by atoms with Gasteiger partial charge in [-0.3, -0.25) is 14.9 Å². The van der Waals surface area contributed by atoms with Crippen LogP contribution < -0.4 is 20.7 Å². The van der Waals surface area contributed by atoms with Gasteiger partial charge in [-0.1, -0.05) is 43.1 Å². The maximum atomic E-state index is 13.6. The van der Waals surface area contributed by atoms with Crippen molar-refractivity contribution in [1.82, 2.24) is 5.32 Å². The molecule has 0 aliphatic carbocycles. The van der Waals surface area contributed by atoms with Gasteiger partial charge < -0.3 is 15.4 Å². The van der Waals surface area contributed by atoms with Crippen molar-refractivity contribution >= 4 is 34.8 Å². The second kappa shape index (κ2) is 7.84. The number of carbonyl (C=O) groups excluding carboxylic acids is 2. The second-order valence-electron chi connectivity index (χ2n) is 8.88. The van der Waals surface area contributed by atoms with Gasteiger partial charge in [0.25, 0.3) is 0 Å². The minimum absolute atomic E-state index is 0.0227. The smallest absolute Gasteiger partial charge is 0.250 e. The maximum Gasteiger partial charge on any atom is 0.250 e. The monoisotopic (exact) mass is 441 g/mol. The SMILES string of the molecule is COc1ccc(Cl)cc1NC(=O)[C@@H]1C[C@@H](C(C)C)N[C@@]12C(=O)Nc1c(C)cc(C)cc12. The normalized spacial score (nSPS) is 24.4. The van der Waals surface area contributed by atoms with E-state index in [-0.39, 0.29) is 23.8 Å². The minimum atomic E-state index is -1.11. The number of rotatable bonds is 4. The van der Waals surface area contributed by atoms with Crippen LogP contribution in [0, 0.1) is 25.7 Å². The summed E-state index contributed by atoms with van der Waals surface area (Å²) in [5, 5.41) is 10.0. The Morgan fingerprint density at radius 1 is 1.26 bits per heavy atom.